The molecule has 0 radical (unpaired) electrons. The zero-order chi connectivity index (χ0) is 19.8. The molecule has 0 fully saturated rings. The van der Waals surface area contributed by atoms with Gasteiger partial charge in [0.05, 0.1) is 17.2 Å². The Morgan fingerprint density at radius 3 is 2.41 bits per heavy atom. The molecule has 1 amide bonds. The number of carbonyl (C=O) groups is 1. The third-order valence-corrected chi connectivity index (χ3v) is 3.91. The van der Waals surface area contributed by atoms with Crippen molar-refractivity contribution in [2.24, 2.45) is 0 Å². The van der Waals surface area contributed by atoms with Gasteiger partial charge in [-0.3, -0.25) is 4.79 Å². The summed E-state index contributed by atoms with van der Waals surface area (Å²) in [6.45, 7) is 0.0162. The molecule has 0 saturated heterocycles. The summed E-state index contributed by atoms with van der Waals surface area (Å²) in [7, 11) is 1.54. The van der Waals surface area contributed by atoms with E-state index in [0.717, 1.165) is 0 Å². The lowest BCUT2D eigenvalue weighted by Gasteiger charge is -2.09. The van der Waals surface area contributed by atoms with Gasteiger partial charge in [0.25, 0.3) is 5.91 Å². The van der Waals surface area contributed by atoms with E-state index in [9.17, 15) is 10.1 Å². The number of rotatable bonds is 6. The molecular weight excluding hydrogens is 387 g/mol. The summed E-state index contributed by atoms with van der Waals surface area (Å²) >= 11 is 12.3. The first-order chi connectivity index (χ1) is 13.0. The second-order valence-electron chi connectivity index (χ2n) is 5.16. The summed E-state index contributed by atoms with van der Waals surface area (Å²) in [5, 5.41) is 12.4. The van der Waals surface area contributed by atoms with Crippen LogP contribution in [0.2, 0.25) is 10.0 Å². The molecule has 0 unspecified atom stereocenters. The normalized spacial score (nSPS) is 10.5. The molecule has 0 aliphatic rings. The van der Waals surface area contributed by atoms with Crippen LogP contribution in [0.15, 0.2) is 42.0 Å². The maximum atomic E-state index is 12.3. The van der Waals surface area contributed by atoms with Crippen LogP contribution >= 0.6 is 23.2 Å². The number of ether oxygens (including phenoxy) is 2. The van der Waals surface area contributed by atoms with Crippen LogP contribution in [0.4, 0.5) is 5.69 Å². The molecule has 5 nitrogen and oxygen atoms in total. The van der Waals surface area contributed by atoms with Crippen molar-refractivity contribution < 1.29 is 14.3 Å². The number of terminal acetylenes is 1. The van der Waals surface area contributed by atoms with Crippen LogP contribution < -0.4 is 14.8 Å². The summed E-state index contributed by atoms with van der Waals surface area (Å²) in [5.41, 5.74) is 0.880. The van der Waals surface area contributed by atoms with Crippen LogP contribution in [-0.4, -0.2) is 19.6 Å². The fraction of sp³-hybridized carbons (Fsp3) is 0.100. The Hall–Kier alpha value is -3.12. The fourth-order valence-corrected chi connectivity index (χ4v) is 2.72. The molecule has 136 valence electrons. The number of amides is 1. The Morgan fingerprint density at radius 1 is 1.26 bits per heavy atom. The standard InChI is InChI=1S/C20H14Cl2N2O3/c1-3-8-27-19-17(21)10-13(11-18(19)22)9-14(12-23)20(25)24-15-4-6-16(26-2)7-5-15/h1,4-7,9-11H,8H2,2H3,(H,24,25)/b14-9-. The highest BCUT2D eigenvalue weighted by atomic mass is 35.5. The number of anilines is 1. The van der Waals surface area contributed by atoms with E-state index in [-0.39, 0.29) is 28.0 Å². The van der Waals surface area contributed by atoms with Crippen molar-refractivity contribution in [1.29, 1.82) is 5.26 Å². The van der Waals surface area contributed by atoms with Gasteiger partial charge in [0.15, 0.2) is 5.75 Å². The molecule has 0 atom stereocenters. The minimum Gasteiger partial charge on any atom is -0.497 e. The number of methoxy groups -OCH3 is 1. The van der Waals surface area contributed by atoms with Gasteiger partial charge < -0.3 is 14.8 Å². The van der Waals surface area contributed by atoms with Gasteiger partial charge >= 0.3 is 0 Å². The molecule has 1 N–H and O–H groups in total. The van der Waals surface area contributed by atoms with Gasteiger partial charge in [-0.2, -0.15) is 5.26 Å². The lowest BCUT2D eigenvalue weighted by molar-refractivity contribution is -0.112. The van der Waals surface area contributed by atoms with Crippen molar-refractivity contribution in [3.05, 3.63) is 57.6 Å². The molecule has 2 rings (SSSR count). The third kappa shape index (κ3) is 5.43. The molecule has 0 spiro atoms. The first kappa shape index (κ1) is 20.2. The van der Waals surface area contributed by atoms with E-state index in [1.807, 2.05) is 6.07 Å². The van der Waals surface area contributed by atoms with E-state index in [0.29, 0.717) is 17.0 Å². The van der Waals surface area contributed by atoms with Crippen molar-refractivity contribution in [3.63, 3.8) is 0 Å². The highest BCUT2D eigenvalue weighted by Crippen LogP contribution is 2.34. The SMILES string of the molecule is C#CCOc1c(Cl)cc(/C=C(/C#N)C(=O)Nc2ccc(OC)cc2)cc1Cl. The smallest absolute Gasteiger partial charge is 0.266 e. The van der Waals surface area contributed by atoms with Crippen LogP contribution in [0.3, 0.4) is 0 Å². The Balaban J connectivity index is 2.23. The molecule has 0 saturated carbocycles. The van der Waals surface area contributed by atoms with Crippen LogP contribution in [0.25, 0.3) is 6.08 Å². The van der Waals surface area contributed by atoms with Gasteiger partial charge in [-0.1, -0.05) is 29.1 Å². The minimum atomic E-state index is -0.567. The number of hydrogen-bond acceptors (Lipinski definition) is 4. The number of carbonyl (C=O) groups excluding carboxylic acids is 1. The van der Waals surface area contributed by atoms with E-state index in [1.54, 1.807) is 31.4 Å². The predicted octanol–water partition coefficient (Wildman–Crippen LogP) is 4.56. The number of nitriles is 1. The molecule has 2 aromatic carbocycles. The zero-order valence-corrected chi connectivity index (χ0v) is 15.8. The number of benzene rings is 2. The first-order valence-corrected chi connectivity index (χ1v) is 8.36. The maximum Gasteiger partial charge on any atom is 0.266 e. The Morgan fingerprint density at radius 2 is 1.89 bits per heavy atom. The lowest BCUT2D eigenvalue weighted by atomic mass is 10.1. The fourth-order valence-electron chi connectivity index (χ4n) is 2.10. The second kappa shape index (κ2) is 9.54. The quantitative estimate of drug-likeness (QED) is 0.438. The highest BCUT2D eigenvalue weighted by molar-refractivity contribution is 6.37. The molecule has 7 heteroatoms. The number of hydrogen-bond donors (Lipinski definition) is 1. The largest absolute Gasteiger partial charge is 0.497 e. The number of nitrogens with one attached hydrogen (secondary N) is 1. The van der Waals surface area contributed by atoms with Crippen LogP contribution in [0.1, 0.15) is 5.56 Å². The minimum absolute atomic E-state index is 0.0162. The lowest BCUT2D eigenvalue weighted by Crippen LogP contribution is -2.13. The molecule has 0 bridgehead atoms. The van der Waals surface area contributed by atoms with Gasteiger partial charge in [0.1, 0.15) is 24.0 Å². The molecule has 2 aromatic rings. The maximum absolute atomic E-state index is 12.3. The van der Waals surface area contributed by atoms with Crippen molar-refractivity contribution in [1.82, 2.24) is 0 Å². The second-order valence-corrected chi connectivity index (χ2v) is 5.97. The van der Waals surface area contributed by atoms with E-state index in [4.69, 9.17) is 39.1 Å². The van der Waals surface area contributed by atoms with Gasteiger partial charge in [0, 0.05) is 5.69 Å². The van der Waals surface area contributed by atoms with E-state index < -0.39 is 5.91 Å². The molecule has 0 aliphatic carbocycles. The third-order valence-electron chi connectivity index (χ3n) is 3.34. The topological polar surface area (TPSA) is 71.3 Å². The van der Waals surface area contributed by atoms with Gasteiger partial charge in [0.2, 0.25) is 0 Å². The van der Waals surface area contributed by atoms with Crippen molar-refractivity contribution in [2.75, 3.05) is 19.0 Å². The predicted molar refractivity (Wildman–Crippen MR) is 106 cm³/mol. The van der Waals surface area contributed by atoms with Gasteiger partial charge in [-0.15, -0.1) is 6.42 Å². The van der Waals surface area contributed by atoms with E-state index in [1.165, 1.54) is 18.2 Å². The van der Waals surface area contributed by atoms with Crippen LogP contribution in [-0.2, 0) is 4.79 Å². The van der Waals surface area contributed by atoms with Gasteiger partial charge in [-0.25, -0.2) is 0 Å². The summed E-state index contributed by atoms with van der Waals surface area (Å²) in [5.74, 6) is 2.65. The average Bonchev–Trinajstić information content (AvgIpc) is 2.66. The number of halogens is 2. The monoisotopic (exact) mass is 400 g/mol. The van der Waals surface area contributed by atoms with Gasteiger partial charge in [-0.05, 0) is 48.0 Å². The van der Waals surface area contributed by atoms with Crippen LogP contribution in [0.5, 0.6) is 11.5 Å². The Bertz CT molecular complexity index is 932. The summed E-state index contributed by atoms with van der Waals surface area (Å²) in [4.78, 5) is 12.3. The Kier molecular flexibility index (Phi) is 7.14. The molecule has 27 heavy (non-hydrogen) atoms. The van der Waals surface area contributed by atoms with Crippen LogP contribution in [0, 0.1) is 23.7 Å². The molecule has 0 heterocycles. The summed E-state index contributed by atoms with van der Waals surface area (Å²) in [6.07, 6.45) is 6.52. The zero-order valence-electron chi connectivity index (χ0n) is 14.3. The van der Waals surface area contributed by atoms with E-state index >= 15 is 0 Å². The van der Waals surface area contributed by atoms with Crippen molar-refractivity contribution in [2.45, 2.75) is 0 Å². The molecule has 0 aromatic heterocycles. The van der Waals surface area contributed by atoms with Crippen molar-refractivity contribution in [3.8, 4) is 29.9 Å². The summed E-state index contributed by atoms with van der Waals surface area (Å²) < 4.78 is 10.3. The summed E-state index contributed by atoms with van der Waals surface area (Å²) in [6, 6.07) is 11.6. The molecule has 0 aliphatic heterocycles. The molecular formula is C20H14Cl2N2O3. The number of nitrogens with zero attached hydrogens (tertiary/aromatic N) is 1. The van der Waals surface area contributed by atoms with Crippen molar-refractivity contribution >= 4 is 40.9 Å². The highest BCUT2D eigenvalue weighted by Gasteiger charge is 2.13. The van der Waals surface area contributed by atoms with E-state index in [2.05, 4.69) is 11.2 Å². The average molecular weight is 401 g/mol. The first-order valence-electron chi connectivity index (χ1n) is 7.61. The Labute approximate surface area is 167 Å².